The molecule has 104 valence electrons. The van der Waals surface area contributed by atoms with Crippen LogP contribution in [0.2, 0.25) is 0 Å². The lowest BCUT2D eigenvalue weighted by Gasteiger charge is -2.22. The fourth-order valence-corrected chi connectivity index (χ4v) is 2.31. The molecule has 0 fully saturated rings. The molecule has 0 saturated heterocycles. The molecule has 0 aliphatic carbocycles. The molecule has 0 spiro atoms. The number of benzene rings is 2. The van der Waals surface area contributed by atoms with Crippen LogP contribution in [0.25, 0.3) is 0 Å². The Morgan fingerprint density at radius 2 is 1.70 bits per heavy atom. The first-order valence-electron chi connectivity index (χ1n) is 6.51. The molecule has 0 aliphatic heterocycles. The van der Waals surface area contributed by atoms with Gasteiger partial charge < -0.3 is 4.90 Å². The van der Waals surface area contributed by atoms with Crippen molar-refractivity contribution in [3.63, 3.8) is 0 Å². The number of halogens is 1. The number of aryl methyl sites for hydroxylation is 2. The first-order valence-corrected chi connectivity index (χ1v) is 6.51. The van der Waals surface area contributed by atoms with Gasteiger partial charge in [-0.15, -0.1) is 0 Å². The average Bonchev–Trinajstić information content (AvgIpc) is 2.37. The van der Waals surface area contributed by atoms with Crippen LogP contribution in [0.4, 0.5) is 15.8 Å². The molecule has 0 unspecified atom stereocenters. The zero-order valence-corrected chi connectivity index (χ0v) is 12.2. The van der Waals surface area contributed by atoms with Gasteiger partial charge >= 0.3 is 0 Å². The van der Waals surface area contributed by atoms with Crippen LogP contribution >= 0.6 is 0 Å². The molecular weight excluding hydrogens is 253 g/mol. The van der Waals surface area contributed by atoms with Gasteiger partial charge in [-0.05, 0) is 50.6 Å². The summed E-state index contributed by atoms with van der Waals surface area (Å²) in [5.41, 5.74) is 4.06. The topological polar surface area (TPSA) is 20.3 Å². The Morgan fingerprint density at radius 3 is 2.25 bits per heavy atom. The maximum Gasteiger partial charge on any atom is 0.159 e. The summed E-state index contributed by atoms with van der Waals surface area (Å²) in [4.78, 5) is 13.1. The summed E-state index contributed by atoms with van der Waals surface area (Å²) in [6.07, 6.45) is 0. The van der Waals surface area contributed by atoms with Crippen molar-refractivity contribution in [3.05, 3.63) is 58.9 Å². The van der Waals surface area contributed by atoms with Crippen LogP contribution < -0.4 is 4.90 Å². The van der Waals surface area contributed by atoms with Crippen molar-refractivity contribution in [1.29, 1.82) is 0 Å². The number of anilines is 2. The Balaban J connectivity index is 2.43. The highest BCUT2D eigenvalue weighted by molar-refractivity contribution is 5.94. The van der Waals surface area contributed by atoms with Crippen molar-refractivity contribution in [3.8, 4) is 0 Å². The highest BCUT2D eigenvalue weighted by Gasteiger charge is 2.13. The number of ketones is 1. The average molecular weight is 271 g/mol. The lowest BCUT2D eigenvalue weighted by molar-refractivity contribution is 0.101. The Bertz CT molecular complexity index is 664. The van der Waals surface area contributed by atoms with Crippen LogP contribution in [0.15, 0.2) is 36.4 Å². The number of Topliss-reactive ketones (excluding diaryl/α,β-unsaturated/α-hetero) is 1. The van der Waals surface area contributed by atoms with Gasteiger partial charge in [0.05, 0.1) is 5.69 Å². The van der Waals surface area contributed by atoms with Gasteiger partial charge in [0, 0.05) is 18.3 Å². The maximum absolute atomic E-state index is 14.2. The molecule has 20 heavy (non-hydrogen) atoms. The molecule has 0 radical (unpaired) electrons. The smallest absolute Gasteiger partial charge is 0.159 e. The Kier molecular flexibility index (Phi) is 3.89. The number of rotatable bonds is 3. The number of carbonyl (C=O) groups excluding carboxylic acids is 1. The van der Waals surface area contributed by atoms with E-state index in [0.29, 0.717) is 11.3 Å². The summed E-state index contributed by atoms with van der Waals surface area (Å²) in [6, 6.07) is 10.6. The molecule has 0 saturated carbocycles. The Morgan fingerprint density at radius 1 is 1.05 bits per heavy atom. The van der Waals surface area contributed by atoms with Crippen LogP contribution in [-0.4, -0.2) is 12.8 Å². The predicted molar refractivity (Wildman–Crippen MR) is 80.4 cm³/mol. The van der Waals surface area contributed by atoms with E-state index in [1.807, 2.05) is 33.0 Å². The summed E-state index contributed by atoms with van der Waals surface area (Å²) >= 11 is 0. The third-order valence-electron chi connectivity index (χ3n) is 3.43. The van der Waals surface area contributed by atoms with Crippen molar-refractivity contribution in [2.45, 2.75) is 20.8 Å². The minimum Gasteiger partial charge on any atom is -0.342 e. The van der Waals surface area contributed by atoms with E-state index >= 15 is 0 Å². The summed E-state index contributed by atoms with van der Waals surface area (Å²) in [7, 11) is 1.82. The van der Waals surface area contributed by atoms with Crippen molar-refractivity contribution >= 4 is 17.2 Å². The highest BCUT2D eigenvalue weighted by Crippen LogP contribution is 2.29. The van der Waals surface area contributed by atoms with Gasteiger partial charge in [0.25, 0.3) is 0 Å². The Hall–Kier alpha value is -2.16. The minimum absolute atomic E-state index is 0.135. The molecule has 0 atom stereocenters. The van der Waals surface area contributed by atoms with E-state index < -0.39 is 0 Å². The van der Waals surface area contributed by atoms with Gasteiger partial charge in [0.15, 0.2) is 5.78 Å². The van der Waals surface area contributed by atoms with Crippen molar-refractivity contribution in [2.24, 2.45) is 0 Å². The zero-order chi connectivity index (χ0) is 14.9. The third kappa shape index (κ3) is 2.72. The van der Waals surface area contributed by atoms with Gasteiger partial charge in [-0.2, -0.15) is 0 Å². The summed E-state index contributed by atoms with van der Waals surface area (Å²) in [6.45, 7) is 5.46. The second-order valence-electron chi connectivity index (χ2n) is 5.07. The number of carbonyl (C=O) groups is 1. The van der Waals surface area contributed by atoms with E-state index in [4.69, 9.17) is 0 Å². The van der Waals surface area contributed by atoms with Crippen molar-refractivity contribution in [2.75, 3.05) is 11.9 Å². The van der Waals surface area contributed by atoms with E-state index in [1.165, 1.54) is 18.6 Å². The van der Waals surface area contributed by atoms with E-state index in [1.54, 1.807) is 17.0 Å². The van der Waals surface area contributed by atoms with Crippen molar-refractivity contribution < 1.29 is 9.18 Å². The fraction of sp³-hybridized carbons (Fsp3) is 0.235. The Labute approximate surface area is 118 Å². The molecule has 2 nitrogen and oxygen atoms in total. The summed E-state index contributed by atoms with van der Waals surface area (Å²) in [5.74, 6) is -0.523. The molecule has 0 N–H and O–H groups in total. The lowest BCUT2D eigenvalue weighted by Crippen LogP contribution is -2.13. The number of hydrogen-bond donors (Lipinski definition) is 0. The van der Waals surface area contributed by atoms with Crippen LogP contribution in [0.5, 0.6) is 0 Å². The molecular formula is C17H18FNO. The SMILES string of the molecule is CC(=O)c1ccc(N(C)c2ccc(C)cc2C)c(F)c1. The van der Waals surface area contributed by atoms with E-state index in [2.05, 4.69) is 6.07 Å². The van der Waals surface area contributed by atoms with Crippen LogP contribution in [-0.2, 0) is 0 Å². The molecule has 0 aliphatic rings. The van der Waals surface area contributed by atoms with Gasteiger partial charge in [0.2, 0.25) is 0 Å². The molecule has 0 aromatic heterocycles. The third-order valence-corrected chi connectivity index (χ3v) is 3.43. The van der Waals surface area contributed by atoms with E-state index in [-0.39, 0.29) is 11.6 Å². The first kappa shape index (κ1) is 14.3. The second kappa shape index (κ2) is 5.45. The second-order valence-corrected chi connectivity index (χ2v) is 5.07. The summed E-state index contributed by atoms with van der Waals surface area (Å²) < 4.78 is 14.2. The fourth-order valence-electron chi connectivity index (χ4n) is 2.31. The lowest BCUT2D eigenvalue weighted by atomic mass is 10.1. The van der Waals surface area contributed by atoms with Gasteiger partial charge in [-0.1, -0.05) is 17.7 Å². The normalized spacial score (nSPS) is 10.4. The van der Waals surface area contributed by atoms with E-state index in [9.17, 15) is 9.18 Å². The van der Waals surface area contributed by atoms with Crippen LogP contribution in [0.3, 0.4) is 0 Å². The van der Waals surface area contributed by atoms with Crippen LogP contribution in [0, 0.1) is 19.7 Å². The monoisotopic (exact) mass is 271 g/mol. The molecule has 0 heterocycles. The first-order chi connectivity index (χ1) is 9.40. The van der Waals surface area contributed by atoms with E-state index in [0.717, 1.165) is 11.3 Å². The largest absolute Gasteiger partial charge is 0.342 e. The molecule has 3 heteroatoms. The molecule has 2 aromatic rings. The minimum atomic E-state index is -0.389. The summed E-state index contributed by atoms with van der Waals surface area (Å²) in [5, 5.41) is 0. The molecule has 2 rings (SSSR count). The molecule has 2 aromatic carbocycles. The number of hydrogen-bond acceptors (Lipinski definition) is 2. The maximum atomic E-state index is 14.2. The standard InChI is InChI=1S/C17H18FNO/c1-11-5-7-16(12(2)9-11)19(4)17-8-6-14(13(3)20)10-15(17)18/h5-10H,1-4H3. The van der Waals surface area contributed by atoms with Gasteiger partial charge in [-0.3, -0.25) is 4.79 Å². The zero-order valence-electron chi connectivity index (χ0n) is 12.2. The number of nitrogens with zero attached hydrogens (tertiary/aromatic N) is 1. The van der Waals surface area contributed by atoms with Crippen molar-refractivity contribution in [1.82, 2.24) is 0 Å². The van der Waals surface area contributed by atoms with Gasteiger partial charge in [0.1, 0.15) is 5.82 Å². The quantitative estimate of drug-likeness (QED) is 0.770. The molecule has 0 bridgehead atoms. The van der Waals surface area contributed by atoms with Crippen LogP contribution in [0.1, 0.15) is 28.4 Å². The van der Waals surface area contributed by atoms with Gasteiger partial charge in [-0.25, -0.2) is 4.39 Å². The predicted octanol–water partition coefficient (Wildman–Crippen LogP) is 4.41. The molecule has 0 amide bonds. The highest BCUT2D eigenvalue weighted by atomic mass is 19.1.